The first kappa shape index (κ1) is 80.6. The minimum Gasteiger partial charge on any atom is -0.492 e. The van der Waals surface area contributed by atoms with Gasteiger partial charge in [-0.1, -0.05) is 154 Å². The Hall–Kier alpha value is -14.4. The van der Waals surface area contributed by atoms with Crippen molar-refractivity contribution in [2.75, 3.05) is 6.61 Å². The van der Waals surface area contributed by atoms with Gasteiger partial charge in [-0.2, -0.15) is 0 Å². The van der Waals surface area contributed by atoms with E-state index >= 15 is 0 Å². The number of hydrogen-bond donors (Lipinski definition) is 0. The van der Waals surface area contributed by atoms with E-state index in [1.54, 1.807) is 38.1 Å². The van der Waals surface area contributed by atoms with Gasteiger partial charge in [0.2, 0.25) is 39.9 Å². The summed E-state index contributed by atoms with van der Waals surface area (Å²) in [4.78, 5) is 0. The molecule has 0 radical (unpaired) electrons. The Labute approximate surface area is 913 Å². The Kier molecular flexibility index (Phi) is 21.6. The third-order valence-electron chi connectivity index (χ3n) is 31.6. The lowest BCUT2D eigenvalue weighted by molar-refractivity contribution is -0.660. The molecule has 7 aromatic heterocycles. The van der Waals surface area contributed by atoms with Gasteiger partial charge in [0, 0.05) is 179 Å². The third kappa shape index (κ3) is 19.0. The smallest absolute Gasteiger partial charge is 0.216 e. The maximum Gasteiger partial charge on any atom is 0.216 e. The predicted molar refractivity (Wildman–Crippen MR) is 595 cm³/mol. The zero-order chi connectivity index (χ0) is 120. The molecule has 7 aliphatic heterocycles. The van der Waals surface area contributed by atoms with Crippen molar-refractivity contribution in [2.24, 2.45) is 49.3 Å². The molecule has 14 heteroatoms. The average molecular weight is 2010 g/mol. The molecule has 1 unspecified atom stereocenters. The Morgan fingerprint density at radius 3 is 0.820 bits per heavy atom. The molecule has 5 aliphatic carbocycles. The van der Waals surface area contributed by atoms with Crippen molar-refractivity contribution in [3.05, 3.63) is 404 Å². The lowest BCUT2D eigenvalue weighted by atomic mass is 9.73. The monoisotopic (exact) mass is 2010 g/mol. The van der Waals surface area contributed by atoms with Crippen LogP contribution in [0.25, 0.3) is 78.8 Å². The van der Waals surface area contributed by atoms with Gasteiger partial charge in [0.15, 0.2) is 43.4 Å². The maximum atomic E-state index is 9.15. The normalized spacial score (nSPS) is 22.7. The van der Waals surface area contributed by atoms with Gasteiger partial charge in [-0.15, -0.1) is 0 Å². The van der Waals surface area contributed by atoms with Gasteiger partial charge in [0.1, 0.15) is 123 Å². The van der Waals surface area contributed by atoms with Crippen LogP contribution in [0, 0.1) is 48.5 Å². The van der Waals surface area contributed by atoms with Gasteiger partial charge in [-0.3, -0.25) is 0 Å². The highest BCUT2D eigenvalue weighted by Crippen LogP contribution is 2.59. The van der Waals surface area contributed by atoms with Crippen LogP contribution >= 0.6 is 0 Å². The van der Waals surface area contributed by atoms with Gasteiger partial charge >= 0.3 is 0 Å². The number of nitrogens with zero attached hydrogens (tertiary/aromatic N) is 7. The van der Waals surface area contributed by atoms with Crippen molar-refractivity contribution in [2.45, 2.75) is 250 Å². The molecule has 12 aliphatic rings. The topological polar surface area (TPSA) is 91.8 Å². The Balaban J connectivity index is 0.000000108. The van der Waals surface area contributed by atoms with Gasteiger partial charge in [0.25, 0.3) is 0 Å². The van der Waals surface area contributed by atoms with E-state index in [2.05, 4.69) is 102 Å². The fourth-order valence-corrected chi connectivity index (χ4v) is 23.4. The van der Waals surface area contributed by atoms with E-state index in [1.807, 2.05) is 309 Å². The van der Waals surface area contributed by atoms with Crippen molar-refractivity contribution >= 4 is 0 Å². The SMILES string of the molecule is [2H]C1([2H])COc2c1ccc(C)c2-c1cccc[n+]1C.[2H]C1([2H])c2ccc(C)c(-c3cccc[n+]3C)c2OC1(C)C.[2H]C1([2H])c2ccc(C)c(-c3cccc[n+]3C)c2OC12CC2.[2H]C1([2H])c2ccc(C)c(-c3cccc[n+]3C)c2OC12CCCC2.[2H]C1([2H])c2ccc(C)c(-c3cccc[n+]3C)c2OC12CCCCC2.[2H]C1([2H])c2ccccc2C(C)(C)C12Cc1ccc(C)c(-c3cccc[n+]3C)c1O2.[2H]C1([2H])c2ccccc2C([2H])([2H])C12Oc1c(ccc(C)c1-c1cccc[n+]1C)C2([2H])[2H]. The van der Waals surface area contributed by atoms with Crippen LogP contribution in [0.1, 0.15) is 223 Å². The van der Waals surface area contributed by atoms with Crippen molar-refractivity contribution in [1.29, 1.82) is 0 Å². The van der Waals surface area contributed by atoms with Crippen LogP contribution in [0.4, 0.5) is 0 Å². The van der Waals surface area contributed by atoms with Gasteiger partial charge in [-0.05, 0) is 269 Å². The van der Waals surface area contributed by atoms with Crippen LogP contribution in [-0.2, 0) is 119 Å². The highest BCUT2D eigenvalue weighted by Gasteiger charge is 2.59. The number of hydrogen-bond acceptors (Lipinski definition) is 7. The average Bonchev–Trinajstić information content (AvgIpc) is 1.47. The minimum absolute atomic E-state index is 0.0926. The number of rotatable bonds is 7. The Bertz CT molecular complexity index is 8720. The van der Waals surface area contributed by atoms with Crippen LogP contribution in [-0.4, -0.2) is 40.2 Å². The zero-order valence-corrected chi connectivity index (χ0v) is 89.5. The van der Waals surface area contributed by atoms with Gasteiger partial charge in [0.05, 0.1) is 45.6 Å². The highest BCUT2D eigenvalue weighted by molar-refractivity contribution is 5.79. The molecule has 762 valence electrons. The second-order valence-electron chi connectivity index (χ2n) is 43.2. The van der Waals surface area contributed by atoms with Gasteiger partial charge < -0.3 is 33.2 Å². The third-order valence-corrected chi connectivity index (χ3v) is 31.6. The van der Waals surface area contributed by atoms with E-state index in [1.165, 1.54) is 18.6 Å². The molecule has 5 spiro atoms. The lowest BCUT2D eigenvalue weighted by Crippen LogP contribution is -2.49. The molecule has 9 aromatic carbocycles. The summed E-state index contributed by atoms with van der Waals surface area (Å²) in [5, 5.41) is 0. The summed E-state index contributed by atoms with van der Waals surface area (Å²) in [6.07, 6.45) is 8.66. The van der Waals surface area contributed by atoms with Gasteiger partial charge in [-0.25, -0.2) is 32.0 Å². The maximum absolute atomic E-state index is 9.15. The van der Waals surface area contributed by atoms with Crippen molar-refractivity contribution in [3.63, 3.8) is 0 Å². The molecule has 3 fully saturated rings. The predicted octanol–water partition coefficient (Wildman–Crippen LogP) is 25.1. The molecule has 14 heterocycles. The van der Waals surface area contributed by atoms with E-state index in [0.29, 0.717) is 51.3 Å². The van der Waals surface area contributed by atoms with Crippen LogP contribution in [0.2, 0.25) is 0 Å². The first-order valence-corrected chi connectivity index (χ1v) is 52.9. The molecule has 0 amide bonds. The van der Waals surface area contributed by atoms with Crippen LogP contribution in [0.15, 0.2) is 304 Å². The summed E-state index contributed by atoms with van der Waals surface area (Å²) in [6, 6.07) is 83.3. The Morgan fingerprint density at radius 1 is 0.227 bits per heavy atom. The molecular formula is C136H148N7O7+7. The second-order valence-corrected chi connectivity index (χ2v) is 43.2. The summed E-state index contributed by atoms with van der Waals surface area (Å²) in [5.74, 6) is 4.63. The van der Waals surface area contributed by atoms with E-state index < -0.39 is 96.4 Å². The van der Waals surface area contributed by atoms with Crippen LogP contribution in [0.5, 0.6) is 40.2 Å². The molecule has 150 heavy (non-hydrogen) atoms. The van der Waals surface area contributed by atoms with E-state index in [4.69, 9.17) is 57.8 Å². The molecule has 1 atom stereocenters. The number of fused-ring (bicyclic) bond motifs is 9. The first-order valence-electron chi connectivity index (χ1n) is 61.9. The molecule has 0 bridgehead atoms. The van der Waals surface area contributed by atoms with Crippen molar-refractivity contribution in [1.82, 2.24) is 0 Å². The second kappa shape index (κ2) is 40.2. The molecule has 28 rings (SSSR count). The quantitative estimate of drug-likeness (QED) is 0.147. The molecule has 0 saturated heterocycles. The van der Waals surface area contributed by atoms with E-state index in [-0.39, 0.29) is 29.0 Å². The van der Waals surface area contributed by atoms with Crippen LogP contribution in [0.3, 0.4) is 0 Å². The van der Waals surface area contributed by atoms with Crippen LogP contribution < -0.4 is 65.1 Å². The molecule has 0 N–H and O–H groups in total. The summed E-state index contributed by atoms with van der Waals surface area (Å²) in [6.45, 7) is 22.2. The van der Waals surface area contributed by atoms with E-state index in [9.17, 15) is 0 Å². The molecular weight excluding hydrogens is 1840 g/mol. The summed E-state index contributed by atoms with van der Waals surface area (Å²) < 4.78 is 215. The fourth-order valence-electron chi connectivity index (χ4n) is 23.4. The zero-order valence-electron chi connectivity index (χ0n) is 108. The van der Waals surface area contributed by atoms with Crippen molar-refractivity contribution < 1.29 is 89.8 Å². The summed E-state index contributed by atoms with van der Waals surface area (Å²) >= 11 is 0. The molecule has 3 saturated carbocycles. The number of aromatic nitrogens is 7. The number of pyridine rings is 7. The largest absolute Gasteiger partial charge is 0.492 e. The number of benzene rings is 9. The fraction of sp³-hybridized carbons (Fsp3) is 0.346. The minimum atomic E-state index is -2.43. The summed E-state index contributed by atoms with van der Waals surface area (Å²) in [5.41, 5.74) is 21.4. The standard InChI is InChI=1S/C25H26NO.C23H22NO.C20H24NO.C19H22NO.C17H18NO.C17H20NO.C15H16NO/c1-17-12-13-19-16-25(15-18-9-5-6-10-20(18)24(25,2)3)27-23(19)22(17)21-11-7-8-14-26(21)4;1-16-10-11-19-15-23(13-17-7-3-4-8-18(17)14-23)25-22(19)21(16)20-9-5-6-12-24(20)2;1-15-9-10-16-14-20(11-5-3-6-12-20)22-19(16)18(15)17-8-4-7-13-21(17)2;1-14-8-9-15-13-19(10-4-5-11-19)21-18(15)17(14)16-7-3-6-12-20(16)2;1-12-6-7-13-11-17(8-9-17)19-16(13)15(12)14-5-3-4-10-18(14)2;1-12-8-9-13-11-17(2,3)19-16(13)15(12)14-7-5-6-10-18(14)4;1-11-6-7-12-8-10-17-15(12)14(11)13-5-3-4-9-16(13)2/h5-14H,15-16H2,1-4H3;3-12H,13-15H2,1-2H3;4,7-10,13H,3,5-6,11-12,14H2,1-2H3;3,6-9,12H,4-5,10-11,13H2,1-2H3;3-7,10H,8-9,11H2,1-2H3;5-10H,11H2,1-4H3;3-7,9H,8,10H2,1-2H3/q7*+1/i15D2;13D2,14D2,15D2;14D2;13D2;2*11D2;8D2. The number of aryl methyl sites for hydroxylation is 14. The Morgan fingerprint density at radius 2 is 0.487 bits per heavy atom. The molecule has 14 nitrogen and oxygen atoms in total. The lowest BCUT2D eigenvalue weighted by Gasteiger charge is -2.38. The highest BCUT2D eigenvalue weighted by atomic mass is 16.5. The first-order chi connectivity index (χ1) is 79.3. The number of ether oxygens (including phenoxy) is 7. The molecule has 16 aromatic rings. The van der Waals surface area contributed by atoms with Crippen molar-refractivity contribution in [3.8, 4) is 119 Å². The van der Waals surface area contributed by atoms with E-state index in [0.717, 1.165) is 216 Å². The summed E-state index contributed by atoms with van der Waals surface area (Å²) in [7, 11) is 13.9.